The summed E-state index contributed by atoms with van der Waals surface area (Å²) in [6.07, 6.45) is 7.30. The van der Waals surface area contributed by atoms with Crippen molar-refractivity contribution in [2.75, 3.05) is 11.9 Å². The molecule has 1 aromatic rings. The van der Waals surface area contributed by atoms with Gasteiger partial charge in [0, 0.05) is 31.6 Å². The molecule has 0 amide bonds. The first-order chi connectivity index (χ1) is 9.99. The molecule has 0 radical (unpaired) electrons. The predicted molar refractivity (Wildman–Crippen MR) is 88.8 cm³/mol. The minimum atomic E-state index is 0.369. The molecule has 118 valence electrons. The monoisotopic (exact) mass is 290 g/mol. The highest BCUT2D eigenvalue weighted by Crippen LogP contribution is 2.28. The van der Waals surface area contributed by atoms with Crippen molar-refractivity contribution in [3.05, 3.63) is 17.7 Å². The average molecular weight is 290 g/mol. The lowest BCUT2D eigenvalue weighted by atomic mass is 10.1. The smallest absolute Gasteiger partial charge is 0.131 e. The summed E-state index contributed by atoms with van der Waals surface area (Å²) in [4.78, 5) is 11.8. The molecule has 21 heavy (non-hydrogen) atoms. The van der Waals surface area contributed by atoms with E-state index in [0.717, 1.165) is 18.1 Å². The van der Waals surface area contributed by atoms with E-state index in [1.54, 1.807) is 0 Å². The maximum Gasteiger partial charge on any atom is 0.131 e. The van der Waals surface area contributed by atoms with Gasteiger partial charge in [0.25, 0.3) is 0 Å². The molecule has 0 atom stereocenters. The molecule has 1 aliphatic rings. The third-order valence-corrected chi connectivity index (χ3v) is 4.31. The van der Waals surface area contributed by atoms with E-state index in [1.807, 2.05) is 6.20 Å². The summed E-state index contributed by atoms with van der Waals surface area (Å²) >= 11 is 0. The van der Waals surface area contributed by atoms with Crippen LogP contribution in [0.3, 0.4) is 0 Å². The van der Waals surface area contributed by atoms with Crippen LogP contribution in [-0.4, -0.2) is 29.1 Å². The Balaban J connectivity index is 2.24. The van der Waals surface area contributed by atoms with Gasteiger partial charge in [-0.3, -0.25) is 0 Å². The maximum atomic E-state index is 4.82. The first-order valence-corrected chi connectivity index (χ1v) is 8.31. The van der Waals surface area contributed by atoms with Crippen LogP contribution in [0.15, 0.2) is 6.20 Å². The van der Waals surface area contributed by atoms with Gasteiger partial charge in [0.15, 0.2) is 0 Å². The van der Waals surface area contributed by atoms with Gasteiger partial charge in [-0.15, -0.1) is 0 Å². The van der Waals surface area contributed by atoms with Crippen LogP contribution < -0.4 is 10.2 Å². The van der Waals surface area contributed by atoms with Gasteiger partial charge in [-0.2, -0.15) is 0 Å². The SMILES string of the molecule is CC(C)NCc1nc(C(C)C)ncc1N(C)C1CCCC1. The molecule has 0 saturated heterocycles. The van der Waals surface area contributed by atoms with Gasteiger partial charge >= 0.3 is 0 Å². The van der Waals surface area contributed by atoms with Crippen LogP contribution in [0, 0.1) is 0 Å². The Morgan fingerprint density at radius 2 is 1.90 bits per heavy atom. The van der Waals surface area contributed by atoms with Crippen molar-refractivity contribution in [1.82, 2.24) is 15.3 Å². The third-order valence-electron chi connectivity index (χ3n) is 4.31. The van der Waals surface area contributed by atoms with Crippen molar-refractivity contribution in [3.63, 3.8) is 0 Å². The molecule has 0 aliphatic heterocycles. The van der Waals surface area contributed by atoms with Crippen molar-refractivity contribution >= 4 is 5.69 Å². The van der Waals surface area contributed by atoms with Gasteiger partial charge in [0.2, 0.25) is 0 Å². The molecule has 0 unspecified atom stereocenters. The van der Waals surface area contributed by atoms with Crippen LogP contribution >= 0.6 is 0 Å². The van der Waals surface area contributed by atoms with E-state index in [1.165, 1.54) is 31.4 Å². The number of hydrogen-bond acceptors (Lipinski definition) is 4. The van der Waals surface area contributed by atoms with Gasteiger partial charge in [0.05, 0.1) is 17.6 Å². The molecule has 4 heteroatoms. The number of nitrogens with one attached hydrogen (secondary N) is 1. The molecule has 1 N–H and O–H groups in total. The molecule has 1 aromatic heterocycles. The topological polar surface area (TPSA) is 41.1 Å². The van der Waals surface area contributed by atoms with Crippen LogP contribution in [0.2, 0.25) is 0 Å². The summed E-state index contributed by atoms with van der Waals surface area (Å²) in [7, 11) is 2.20. The van der Waals surface area contributed by atoms with Crippen molar-refractivity contribution in [3.8, 4) is 0 Å². The first kappa shape index (κ1) is 16.2. The maximum absolute atomic E-state index is 4.82. The molecule has 4 nitrogen and oxygen atoms in total. The molecule has 1 heterocycles. The number of nitrogens with zero attached hydrogens (tertiary/aromatic N) is 3. The van der Waals surface area contributed by atoms with Crippen molar-refractivity contribution in [2.24, 2.45) is 0 Å². The fraction of sp³-hybridized carbons (Fsp3) is 0.765. The van der Waals surface area contributed by atoms with E-state index >= 15 is 0 Å². The zero-order valence-electron chi connectivity index (χ0n) is 14.2. The molecule has 1 saturated carbocycles. The Morgan fingerprint density at radius 3 is 2.48 bits per heavy atom. The van der Waals surface area contributed by atoms with E-state index in [9.17, 15) is 0 Å². The second-order valence-electron chi connectivity index (χ2n) is 6.80. The molecular formula is C17H30N4. The standard InChI is InChI=1S/C17H30N4/c1-12(2)17-19-11-16(15(20-17)10-18-13(3)4)21(5)14-8-6-7-9-14/h11-14,18H,6-10H2,1-5H3. The summed E-state index contributed by atoms with van der Waals surface area (Å²) in [5.74, 6) is 1.31. The zero-order valence-corrected chi connectivity index (χ0v) is 14.2. The Kier molecular flexibility index (Phi) is 5.57. The Hall–Kier alpha value is -1.16. The van der Waals surface area contributed by atoms with Crippen LogP contribution in [0.5, 0.6) is 0 Å². The number of rotatable bonds is 6. The fourth-order valence-electron chi connectivity index (χ4n) is 2.92. The number of anilines is 1. The predicted octanol–water partition coefficient (Wildman–Crippen LogP) is 3.48. The minimum Gasteiger partial charge on any atom is -0.369 e. The van der Waals surface area contributed by atoms with Gasteiger partial charge in [-0.05, 0) is 12.8 Å². The quantitative estimate of drug-likeness (QED) is 0.871. The summed E-state index contributed by atoms with van der Waals surface area (Å²) in [6, 6.07) is 1.11. The van der Waals surface area contributed by atoms with Gasteiger partial charge < -0.3 is 10.2 Å². The molecule has 2 rings (SSSR count). The highest BCUT2D eigenvalue weighted by molar-refractivity contribution is 5.49. The second kappa shape index (κ2) is 7.21. The minimum absolute atomic E-state index is 0.369. The Labute approximate surface area is 129 Å². The summed E-state index contributed by atoms with van der Waals surface area (Å²) in [5, 5.41) is 3.50. The van der Waals surface area contributed by atoms with Gasteiger partial charge in [-0.25, -0.2) is 9.97 Å². The van der Waals surface area contributed by atoms with E-state index < -0.39 is 0 Å². The third kappa shape index (κ3) is 4.16. The normalized spacial score (nSPS) is 16.1. The van der Waals surface area contributed by atoms with Crippen LogP contribution in [0.25, 0.3) is 0 Å². The van der Waals surface area contributed by atoms with Crippen LogP contribution in [-0.2, 0) is 6.54 Å². The lowest BCUT2D eigenvalue weighted by Gasteiger charge is -2.28. The first-order valence-electron chi connectivity index (χ1n) is 8.31. The molecule has 1 aliphatic carbocycles. The van der Waals surface area contributed by atoms with E-state index in [2.05, 4.69) is 49.9 Å². The second-order valence-corrected chi connectivity index (χ2v) is 6.80. The van der Waals surface area contributed by atoms with Gasteiger partial charge in [-0.1, -0.05) is 40.5 Å². The number of hydrogen-bond donors (Lipinski definition) is 1. The van der Waals surface area contributed by atoms with E-state index in [-0.39, 0.29) is 0 Å². The Bertz CT molecular complexity index is 450. The van der Waals surface area contributed by atoms with Crippen molar-refractivity contribution in [2.45, 2.75) is 77.9 Å². The highest BCUT2D eigenvalue weighted by atomic mass is 15.2. The highest BCUT2D eigenvalue weighted by Gasteiger charge is 2.23. The summed E-state index contributed by atoms with van der Waals surface area (Å²) < 4.78 is 0. The summed E-state index contributed by atoms with van der Waals surface area (Å²) in [6.45, 7) is 9.45. The average Bonchev–Trinajstić information content (AvgIpc) is 2.98. The van der Waals surface area contributed by atoms with E-state index in [4.69, 9.17) is 4.98 Å². The lowest BCUT2D eigenvalue weighted by Crippen LogP contribution is -2.32. The summed E-state index contributed by atoms with van der Waals surface area (Å²) in [5.41, 5.74) is 2.33. The Morgan fingerprint density at radius 1 is 1.24 bits per heavy atom. The zero-order chi connectivity index (χ0) is 15.4. The molecule has 0 aromatic carbocycles. The molecular weight excluding hydrogens is 260 g/mol. The van der Waals surface area contributed by atoms with Crippen LogP contribution in [0.4, 0.5) is 5.69 Å². The van der Waals surface area contributed by atoms with Crippen molar-refractivity contribution in [1.29, 1.82) is 0 Å². The number of aromatic nitrogens is 2. The fourth-order valence-corrected chi connectivity index (χ4v) is 2.92. The molecule has 0 spiro atoms. The van der Waals surface area contributed by atoms with Crippen molar-refractivity contribution < 1.29 is 0 Å². The largest absolute Gasteiger partial charge is 0.369 e. The van der Waals surface area contributed by atoms with Crippen LogP contribution in [0.1, 0.15) is 70.8 Å². The lowest BCUT2D eigenvalue weighted by molar-refractivity contribution is 0.571. The van der Waals surface area contributed by atoms with Gasteiger partial charge in [0.1, 0.15) is 5.82 Å². The molecule has 0 bridgehead atoms. The molecule has 1 fully saturated rings. The van der Waals surface area contributed by atoms with E-state index in [0.29, 0.717) is 18.0 Å².